The molecule has 1 atom stereocenters. The third-order valence-electron chi connectivity index (χ3n) is 5.26. The van der Waals surface area contributed by atoms with E-state index in [0.29, 0.717) is 11.5 Å². The molecule has 9 heteroatoms. The fourth-order valence-corrected chi connectivity index (χ4v) is 5.07. The number of hydrogen-bond acceptors (Lipinski definition) is 5. The molecule has 0 aliphatic rings. The lowest BCUT2D eigenvalue weighted by Crippen LogP contribution is -2.41. The molecule has 3 aromatic carbocycles. The molecule has 0 heterocycles. The summed E-state index contributed by atoms with van der Waals surface area (Å²) in [7, 11) is -0.824. The first-order valence-corrected chi connectivity index (χ1v) is 12.8. The second-order valence-electron chi connectivity index (χ2n) is 7.62. The highest BCUT2D eigenvalue weighted by molar-refractivity contribution is 9.10. The molecular formula is C25H27BrN2O5S. The summed E-state index contributed by atoms with van der Waals surface area (Å²) >= 11 is 3.32. The first-order valence-electron chi connectivity index (χ1n) is 10.6. The van der Waals surface area contributed by atoms with Gasteiger partial charge in [-0.25, -0.2) is 8.42 Å². The molecule has 34 heavy (non-hydrogen) atoms. The van der Waals surface area contributed by atoms with Crippen molar-refractivity contribution < 1.29 is 22.7 Å². The van der Waals surface area contributed by atoms with E-state index in [1.54, 1.807) is 38.5 Å². The number of rotatable bonds is 10. The minimum atomic E-state index is -3.92. The van der Waals surface area contributed by atoms with Gasteiger partial charge in [0.1, 0.15) is 0 Å². The quantitative estimate of drug-likeness (QED) is 0.403. The number of amides is 1. The van der Waals surface area contributed by atoms with Gasteiger partial charge in [0.05, 0.1) is 31.7 Å². The molecule has 0 spiro atoms. The van der Waals surface area contributed by atoms with E-state index >= 15 is 0 Å². The number of halogens is 1. The van der Waals surface area contributed by atoms with Crippen molar-refractivity contribution in [1.29, 1.82) is 0 Å². The number of nitrogens with one attached hydrogen (secondary N) is 1. The molecule has 0 aliphatic heterocycles. The Kier molecular flexibility index (Phi) is 8.71. The predicted molar refractivity (Wildman–Crippen MR) is 134 cm³/mol. The van der Waals surface area contributed by atoms with Crippen LogP contribution in [0.5, 0.6) is 11.5 Å². The van der Waals surface area contributed by atoms with Crippen LogP contribution in [0.25, 0.3) is 0 Å². The molecule has 1 amide bonds. The van der Waals surface area contributed by atoms with Crippen molar-refractivity contribution in [1.82, 2.24) is 9.62 Å². The second-order valence-corrected chi connectivity index (χ2v) is 10.5. The lowest BCUT2D eigenvalue weighted by Gasteiger charge is -2.23. The minimum Gasteiger partial charge on any atom is -0.493 e. The Labute approximate surface area is 208 Å². The molecule has 3 rings (SSSR count). The molecule has 0 saturated heterocycles. The molecule has 7 nitrogen and oxygen atoms in total. The molecule has 0 saturated carbocycles. The highest BCUT2D eigenvalue weighted by atomic mass is 79.9. The van der Waals surface area contributed by atoms with Crippen molar-refractivity contribution >= 4 is 31.9 Å². The average Bonchev–Trinajstić information content (AvgIpc) is 2.84. The average molecular weight is 547 g/mol. The Balaban J connectivity index is 1.81. The third kappa shape index (κ3) is 6.37. The van der Waals surface area contributed by atoms with Gasteiger partial charge in [-0.05, 0) is 54.4 Å². The van der Waals surface area contributed by atoms with Crippen LogP contribution >= 0.6 is 15.9 Å². The van der Waals surface area contributed by atoms with Crippen LogP contribution in [0.1, 0.15) is 24.1 Å². The van der Waals surface area contributed by atoms with Gasteiger partial charge in [0, 0.05) is 11.0 Å². The van der Waals surface area contributed by atoms with Crippen LogP contribution in [0.15, 0.2) is 82.2 Å². The topological polar surface area (TPSA) is 84.9 Å². The largest absolute Gasteiger partial charge is 0.493 e. The zero-order valence-corrected chi connectivity index (χ0v) is 21.6. The van der Waals surface area contributed by atoms with Gasteiger partial charge in [-0.2, -0.15) is 4.31 Å². The van der Waals surface area contributed by atoms with Crippen molar-refractivity contribution in [2.75, 3.05) is 20.8 Å². The van der Waals surface area contributed by atoms with Crippen molar-refractivity contribution in [3.8, 4) is 11.5 Å². The van der Waals surface area contributed by atoms with Gasteiger partial charge in [-0.1, -0.05) is 52.3 Å². The van der Waals surface area contributed by atoms with E-state index in [-0.39, 0.29) is 24.0 Å². The van der Waals surface area contributed by atoms with Crippen LogP contribution in [-0.2, 0) is 21.4 Å². The fraction of sp³-hybridized carbons (Fsp3) is 0.240. The molecule has 0 aliphatic carbocycles. The van der Waals surface area contributed by atoms with Crippen molar-refractivity contribution in [3.05, 3.63) is 88.4 Å². The number of sulfonamides is 1. The minimum absolute atomic E-state index is 0.0669. The zero-order valence-electron chi connectivity index (χ0n) is 19.2. The summed E-state index contributed by atoms with van der Waals surface area (Å²) in [4.78, 5) is 13.1. The lowest BCUT2D eigenvalue weighted by atomic mass is 10.1. The molecule has 1 unspecified atom stereocenters. The van der Waals surface area contributed by atoms with E-state index in [9.17, 15) is 13.2 Å². The van der Waals surface area contributed by atoms with Gasteiger partial charge < -0.3 is 14.8 Å². The molecule has 0 fully saturated rings. The summed E-state index contributed by atoms with van der Waals surface area (Å²) in [6, 6.07) is 20.5. The van der Waals surface area contributed by atoms with Crippen molar-refractivity contribution in [2.24, 2.45) is 0 Å². The van der Waals surface area contributed by atoms with Gasteiger partial charge in [-0.3, -0.25) is 4.79 Å². The first-order chi connectivity index (χ1) is 16.2. The molecule has 1 N–H and O–H groups in total. The lowest BCUT2D eigenvalue weighted by molar-refractivity contribution is -0.122. The molecule has 180 valence electrons. The van der Waals surface area contributed by atoms with Crippen LogP contribution in [-0.4, -0.2) is 39.4 Å². The monoisotopic (exact) mass is 546 g/mol. The maximum Gasteiger partial charge on any atom is 0.243 e. The Bertz CT molecular complexity index is 1220. The van der Waals surface area contributed by atoms with E-state index in [1.165, 1.54) is 16.4 Å². The Morgan fingerprint density at radius 3 is 2.24 bits per heavy atom. The van der Waals surface area contributed by atoms with Gasteiger partial charge in [0.25, 0.3) is 0 Å². The SMILES string of the molecule is COc1ccc(C(C)NC(=O)CN(Cc2ccccc2)S(=O)(=O)c2ccc(Br)cc2)cc1OC. The van der Waals surface area contributed by atoms with Gasteiger partial charge >= 0.3 is 0 Å². The fourth-order valence-electron chi connectivity index (χ4n) is 3.42. The standard InChI is InChI=1S/C25H27BrN2O5S/c1-18(20-9-14-23(32-2)24(15-20)33-3)27-25(29)17-28(16-19-7-5-4-6-8-19)34(30,31)22-12-10-21(26)11-13-22/h4-15,18H,16-17H2,1-3H3,(H,27,29). The van der Waals surface area contributed by atoms with Crippen LogP contribution in [0.2, 0.25) is 0 Å². The zero-order chi connectivity index (χ0) is 24.7. The number of carbonyl (C=O) groups excluding carboxylic acids is 1. The van der Waals surface area contributed by atoms with Gasteiger partial charge in [0.15, 0.2) is 11.5 Å². The van der Waals surface area contributed by atoms with Crippen LogP contribution in [0.4, 0.5) is 0 Å². The maximum absolute atomic E-state index is 13.4. The number of benzene rings is 3. The number of nitrogens with zero attached hydrogens (tertiary/aromatic N) is 1. The van der Waals surface area contributed by atoms with Crippen molar-refractivity contribution in [3.63, 3.8) is 0 Å². The summed E-state index contributed by atoms with van der Waals surface area (Å²) in [6.45, 7) is 1.56. The number of methoxy groups -OCH3 is 2. The van der Waals surface area contributed by atoms with Gasteiger partial charge in [-0.15, -0.1) is 0 Å². The molecule has 0 aromatic heterocycles. The summed E-state index contributed by atoms with van der Waals surface area (Å²) < 4.78 is 39.3. The maximum atomic E-state index is 13.4. The van der Waals surface area contributed by atoms with Crippen LogP contribution < -0.4 is 14.8 Å². The van der Waals surface area contributed by atoms with E-state index in [0.717, 1.165) is 15.6 Å². The Morgan fingerprint density at radius 1 is 0.971 bits per heavy atom. The van der Waals surface area contributed by atoms with Gasteiger partial charge in [0.2, 0.25) is 15.9 Å². The van der Waals surface area contributed by atoms with Crippen molar-refractivity contribution in [2.45, 2.75) is 24.4 Å². The normalized spacial score (nSPS) is 12.3. The van der Waals surface area contributed by atoms with Crippen LogP contribution in [0.3, 0.4) is 0 Å². The number of hydrogen-bond donors (Lipinski definition) is 1. The number of carbonyl (C=O) groups is 1. The molecule has 3 aromatic rings. The highest BCUT2D eigenvalue weighted by Crippen LogP contribution is 2.30. The first kappa shape index (κ1) is 25.7. The second kappa shape index (κ2) is 11.5. The summed E-state index contributed by atoms with van der Waals surface area (Å²) in [6.07, 6.45) is 0. The van der Waals surface area contributed by atoms with E-state index < -0.39 is 15.9 Å². The summed E-state index contributed by atoms with van der Waals surface area (Å²) in [5.41, 5.74) is 1.58. The Hall–Kier alpha value is -2.88. The number of ether oxygens (including phenoxy) is 2. The highest BCUT2D eigenvalue weighted by Gasteiger charge is 2.27. The Morgan fingerprint density at radius 2 is 1.62 bits per heavy atom. The van der Waals surface area contributed by atoms with E-state index in [2.05, 4.69) is 21.2 Å². The molecular weight excluding hydrogens is 520 g/mol. The van der Waals surface area contributed by atoms with E-state index in [4.69, 9.17) is 9.47 Å². The molecule has 0 radical (unpaired) electrons. The molecule has 0 bridgehead atoms. The smallest absolute Gasteiger partial charge is 0.243 e. The summed E-state index contributed by atoms with van der Waals surface area (Å²) in [5, 5.41) is 2.88. The predicted octanol–water partition coefficient (Wildman–Crippen LogP) is 4.53. The van der Waals surface area contributed by atoms with E-state index in [1.807, 2.05) is 43.3 Å². The summed E-state index contributed by atoms with van der Waals surface area (Å²) in [5.74, 6) is 0.711. The third-order valence-corrected chi connectivity index (χ3v) is 7.59. The van der Waals surface area contributed by atoms with Crippen LogP contribution in [0, 0.1) is 0 Å².